The molecule has 0 saturated carbocycles. The van der Waals surface area contributed by atoms with Gasteiger partial charge < -0.3 is 19.4 Å². The molecule has 136 valence electrons. The van der Waals surface area contributed by atoms with Crippen molar-refractivity contribution in [1.82, 2.24) is 24.6 Å². The molecule has 0 radical (unpaired) electrons. The number of carbonyl (C=O) groups is 1. The van der Waals surface area contributed by atoms with Crippen molar-refractivity contribution in [3.8, 4) is 5.75 Å². The number of para-hydroxylation sites is 2. The van der Waals surface area contributed by atoms with Crippen LogP contribution in [-0.2, 0) is 23.1 Å². The number of nitrogens with zero attached hydrogens (tertiary/aromatic N) is 4. The lowest BCUT2D eigenvalue weighted by Gasteiger charge is -2.20. The van der Waals surface area contributed by atoms with Crippen LogP contribution in [0.1, 0.15) is 5.82 Å². The van der Waals surface area contributed by atoms with E-state index in [0.717, 1.165) is 16.9 Å². The van der Waals surface area contributed by atoms with E-state index in [2.05, 4.69) is 15.4 Å². The predicted octanol–water partition coefficient (Wildman–Crippen LogP) is 1.04. The van der Waals surface area contributed by atoms with Crippen molar-refractivity contribution in [2.45, 2.75) is 25.6 Å². The van der Waals surface area contributed by atoms with Crippen LogP contribution in [0.5, 0.6) is 5.75 Å². The smallest absolute Gasteiger partial charge is 0.240 e. The van der Waals surface area contributed by atoms with Gasteiger partial charge in [-0.25, -0.2) is 4.98 Å². The monoisotopic (exact) mass is 355 g/mol. The number of hydrogen-bond donors (Lipinski definition) is 1. The third-order valence-electron chi connectivity index (χ3n) is 4.49. The predicted molar refractivity (Wildman–Crippen MR) is 94.8 cm³/mol. The molecule has 4 rings (SSSR count). The number of imidazole rings is 1. The van der Waals surface area contributed by atoms with Gasteiger partial charge in [-0.1, -0.05) is 12.1 Å². The molecule has 2 atom stereocenters. The van der Waals surface area contributed by atoms with Crippen molar-refractivity contribution in [2.75, 3.05) is 13.2 Å². The lowest BCUT2D eigenvalue weighted by atomic mass is 10.2. The zero-order valence-electron chi connectivity index (χ0n) is 14.8. The van der Waals surface area contributed by atoms with Crippen LogP contribution in [0.4, 0.5) is 0 Å². The fourth-order valence-electron chi connectivity index (χ4n) is 3.21. The number of nitrogens with one attached hydrogen (secondary N) is 1. The normalized spacial score (nSPS) is 19.8. The highest BCUT2D eigenvalue weighted by Gasteiger charge is 2.31. The summed E-state index contributed by atoms with van der Waals surface area (Å²) in [4.78, 5) is 17.1. The van der Waals surface area contributed by atoms with Crippen LogP contribution in [0.2, 0.25) is 0 Å². The second-order valence-corrected chi connectivity index (χ2v) is 6.45. The molecule has 8 nitrogen and oxygen atoms in total. The Balaban J connectivity index is 1.43. The molecule has 1 aromatic carbocycles. The Morgan fingerprint density at radius 2 is 2.23 bits per heavy atom. The van der Waals surface area contributed by atoms with Gasteiger partial charge in [0.2, 0.25) is 5.91 Å². The minimum atomic E-state index is -0.233. The number of rotatable bonds is 5. The van der Waals surface area contributed by atoms with Crippen LogP contribution in [0, 0.1) is 6.92 Å². The Kier molecular flexibility index (Phi) is 4.34. The average Bonchev–Trinajstić information content (AvgIpc) is 3.30. The molecule has 0 unspecified atom stereocenters. The molecule has 1 fully saturated rings. The molecule has 1 saturated heterocycles. The van der Waals surface area contributed by atoms with Gasteiger partial charge >= 0.3 is 0 Å². The number of benzene rings is 1. The molecule has 8 heteroatoms. The maximum atomic E-state index is 12.6. The van der Waals surface area contributed by atoms with Crippen molar-refractivity contribution < 1.29 is 14.3 Å². The van der Waals surface area contributed by atoms with Gasteiger partial charge in [0.15, 0.2) is 5.75 Å². The summed E-state index contributed by atoms with van der Waals surface area (Å²) in [7, 11) is 1.83. The van der Waals surface area contributed by atoms with Crippen molar-refractivity contribution >= 4 is 16.9 Å². The lowest BCUT2D eigenvalue weighted by molar-refractivity contribution is -0.122. The van der Waals surface area contributed by atoms with E-state index >= 15 is 0 Å². The van der Waals surface area contributed by atoms with Crippen molar-refractivity contribution in [3.05, 3.63) is 42.5 Å². The summed E-state index contributed by atoms with van der Waals surface area (Å²) in [5, 5.41) is 7.11. The number of aromatic nitrogens is 4. The van der Waals surface area contributed by atoms with Gasteiger partial charge in [0.25, 0.3) is 0 Å². The van der Waals surface area contributed by atoms with E-state index in [1.807, 2.05) is 42.8 Å². The van der Waals surface area contributed by atoms with Crippen molar-refractivity contribution in [2.24, 2.45) is 7.05 Å². The summed E-state index contributed by atoms with van der Waals surface area (Å²) < 4.78 is 15.0. The Morgan fingerprint density at radius 3 is 3.04 bits per heavy atom. The van der Waals surface area contributed by atoms with E-state index in [0.29, 0.717) is 19.0 Å². The summed E-state index contributed by atoms with van der Waals surface area (Å²) in [5.74, 6) is 1.39. The summed E-state index contributed by atoms with van der Waals surface area (Å²) in [6, 6.07) is 7.60. The van der Waals surface area contributed by atoms with E-state index in [4.69, 9.17) is 9.47 Å². The van der Waals surface area contributed by atoms with Crippen molar-refractivity contribution in [3.63, 3.8) is 0 Å². The number of carbonyl (C=O) groups excluding carboxylic acids is 1. The van der Waals surface area contributed by atoms with Gasteiger partial charge in [-0.15, -0.1) is 0 Å². The minimum Gasteiger partial charge on any atom is -0.482 e. The molecule has 1 amide bonds. The van der Waals surface area contributed by atoms with Crippen LogP contribution in [0.25, 0.3) is 11.0 Å². The van der Waals surface area contributed by atoms with Crippen LogP contribution < -0.4 is 10.1 Å². The van der Waals surface area contributed by atoms with E-state index in [-0.39, 0.29) is 24.6 Å². The van der Waals surface area contributed by atoms with E-state index < -0.39 is 0 Å². The Hall–Kier alpha value is -2.87. The zero-order chi connectivity index (χ0) is 18.1. The third kappa shape index (κ3) is 3.28. The first-order chi connectivity index (χ1) is 12.6. The molecular weight excluding hydrogens is 334 g/mol. The lowest BCUT2D eigenvalue weighted by Crippen LogP contribution is -2.46. The summed E-state index contributed by atoms with van der Waals surface area (Å²) in [5.41, 5.74) is 1.84. The number of hydrogen-bond acceptors (Lipinski definition) is 5. The zero-order valence-corrected chi connectivity index (χ0v) is 14.8. The molecule has 0 aliphatic carbocycles. The fraction of sp³-hybridized carbons (Fsp3) is 0.389. The second-order valence-electron chi connectivity index (χ2n) is 6.45. The van der Waals surface area contributed by atoms with E-state index in [1.165, 1.54) is 0 Å². The molecule has 1 aliphatic rings. The fourth-order valence-corrected chi connectivity index (χ4v) is 3.21. The maximum Gasteiger partial charge on any atom is 0.240 e. The first-order valence-corrected chi connectivity index (χ1v) is 8.54. The number of ether oxygens (including phenoxy) is 2. The molecule has 3 heterocycles. The van der Waals surface area contributed by atoms with Gasteiger partial charge in [0, 0.05) is 7.05 Å². The van der Waals surface area contributed by atoms with Crippen LogP contribution in [0.3, 0.4) is 0 Å². The highest BCUT2D eigenvalue weighted by molar-refractivity contribution is 5.81. The number of aryl methyl sites for hydroxylation is 2. The van der Waals surface area contributed by atoms with Gasteiger partial charge in [-0.3, -0.25) is 9.48 Å². The van der Waals surface area contributed by atoms with Crippen LogP contribution >= 0.6 is 0 Å². The topological polar surface area (TPSA) is 83.2 Å². The quantitative estimate of drug-likeness (QED) is 0.739. The molecular formula is C18H21N5O3. The van der Waals surface area contributed by atoms with Crippen LogP contribution in [-0.4, -0.2) is 50.6 Å². The Morgan fingerprint density at radius 1 is 1.38 bits per heavy atom. The van der Waals surface area contributed by atoms with Gasteiger partial charge in [0.05, 0.1) is 42.7 Å². The van der Waals surface area contributed by atoms with Gasteiger partial charge in [-0.05, 0) is 19.1 Å². The van der Waals surface area contributed by atoms with E-state index in [1.54, 1.807) is 17.1 Å². The summed E-state index contributed by atoms with van der Waals surface area (Å²) in [6.45, 7) is 2.98. The van der Waals surface area contributed by atoms with Gasteiger partial charge in [0.1, 0.15) is 18.5 Å². The second kappa shape index (κ2) is 6.80. The highest BCUT2D eigenvalue weighted by atomic mass is 16.5. The third-order valence-corrected chi connectivity index (χ3v) is 4.49. The molecule has 1 N–H and O–H groups in total. The first kappa shape index (κ1) is 16.6. The Labute approximate surface area is 150 Å². The Bertz CT molecular complexity index is 932. The molecule has 2 aromatic heterocycles. The molecule has 3 aromatic rings. The highest BCUT2D eigenvalue weighted by Crippen LogP contribution is 2.17. The van der Waals surface area contributed by atoms with Crippen molar-refractivity contribution in [1.29, 1.82) is 0 Å². The minimum absolute atomic E-state index is 0.0912. The summed E-state index contributed by atoms with van der Waals surface area (Å²) >= 11 is 0. The first-order valence-electron chi connectivity index (χ1n) is 8.54. The SMILES string of the molecule is Cc1nc2ccccc2n1CC(=O)N[C@H]1COC[C@H]1Oc1cnn(C)c1. The largest absolute Gasteiger partial charge is 0.482 e. The molecule has 0 bridgehead atoms. The number of fused-ring (bicyclic) bond motifs is 1. The number of amides is 1. The molecule has 26 heavy (non-hydrogen) atoms. The molecule has 0 spiro atoms. The summed E-state index contributed by atoms with van der Waals surface area (Å²) in [6.07, 6.45) is 3.21. The maximum absolute atomic E-state index is 12.6. The van der Waals surface area contributed by atoms with E-state index in [9.17, 15) is 4.79 Å². The standard InChI is InChI=1S/C18H21N5O3/c1-12-20-14-5-3-4-6-16(14)23(12)9-18(24)21-15-10-25-11-17(15)26-13-7-19-22(2)8-13/h3-8,15,17H,9-11H2,1-2H3,(H,21,24)/t15-,17+/m0/s1. The average molecular weight is 355 g/mol. The molecule has 1 aliphatic heterocycles. The van der Waals surface area contributed by atoms with Crippen LogP contribution in [0.15, 0.2) is 36.7 Å². The van der Waals surface area contributed by atoms with Gasteiger partial charge in [-0.2, -0.15) is 5.10 Å².